The smallest absolute Gasteiger partial charge is 0.225 e. The molecule has 7 nitrogen and oxygen atoms in total. The van der Waals surface area contributed by atoms with Gasteiger partial charge in [-0.05, 0) is 29.8 Å². The van der Waals surface area contributed by atoms with Gasteiger partial charge >= 0.3 is 0 Å². The van der Waals surface area contributed by atoms with E-state index in [1.54, 1.807) is 18.2 Å². The summed E-state index contributed by atoms with van der Waals surface area (Å²) in [7, 11) is 0. The van der Waals surface area contributed by atoms with Crippen LogP contribution in [0.15, 0.2) is 42.5 Å². The van der Waals surface area contributed by atoms with Gasteiger partial charge in [0.1, 0.15) is 10.8 Å². The molecule has 1 heterocycles. The van der Waals surface area contributed by atoms with Crippen LogP contribution in [0.4, 0.5) is 5.69 Å². The van der Waals surface area contributed by atoms with Crippen molar-refractivity contribution in [1.29, 1.82) is 0 Å². The molecule has 32 heavy (non-hydrogen) atoms. The minimum atomic E-state index is -0.150. The minimum Gasteiger partial charge on any atom is -0.491 e. The SMILES string of the molecule is O=C(CCOc1cccc(Cl)c1Cl)NCc1cccc(NC(=O)CCN2CCOCC2)c1. The van der Waals surface area contributed by atoms with Gasteiger partial charge in [-0.15, -0.1) is 0 Å². The normalized spacial score (nSPS) is 14.1. The number of carbonyl (C=O) groups excluding carboxylic acids is 2. The number of benzene rings is 2. The molecule has 2 aromatic rings. The molecule has 1 fully saturated rings. The van der Waals surface area contributed by atoms with E-state index >= 15 is 0 Å². The average molecular weight is 480 g/mol. The summed E-state index contributed by atoms with van der Waals surface area (Å²) < 4.78 is 10.9. The molecular weight excluding hydrogens is 453 g/mol. The molecule has 9 heteroatoms. The van der Waals surface area contributed by atoms with Crippen molar-refractivity contribution in [3.05, 3.63) is 58.1 Å². The third-order valence-corrected chi connectivity index (χ3v) is 5.76. The van der Waals surface area contributed by atoms with Gasteiger partial charge in [0.25, 0.3) is 0 Å². The first-order chi connectivity index (χ1) is 15.5. The van der Waals surface area contributed by atoms with Crippen LogP contribution in [0.25, 0.3) is 0 Å². The first-order valence-corrected chi connectivity index (χ1v) is 11.3. The third kappa shape index (κ3) is 7.98. The van der Waals surface area contributed by atoms with Gasteiger partial charge in [-0.3, -0.25) is 14.5 Å². The van der Waals surface area contributed by atoms with Crippen molar-refractivity contribution in [2.45, 2.75) is 19.4 Å². The van der Waals surface area contributed by atoms with Crippen molar-refractivity contribution in [2.24, 2.45) is 0 Å². The number of hydrogen-bond donors (Lipinski definition) is 2. The summed E-state index contributed by atoms with van der Waals surface area (Å²) >= 11 is 12.0. The molecule has 172 valence electrons. The highest BCUT2D eigenvalue weighted by molar-refractivity contribution is 6.42. The highest BCUT2D eigenvalue weighted by Gasteiger charge is 2.12. The number of morpholine rings is 1. The van der Waals surface area contributed by atoms with Crippen molar-refractivity contribution in [3.8, 4) is 5.75 Å². The topological polar surface area (TPSA) is 79.9 Å². The molecule has 0 saturated carbocycles. The number of amides is 2. The van der Waals surface area contributed by atoms with E-state index in [1.165, 1.54) is 0 Å². The van der Waals surface area contributed by atoms with E-state index in [2.05, 4.69) is 15.5 Å². The highest BCUT2D eigenvalue weighted by Crippen LogP contribution is 2.31. The third-order valence-electron chi connectivity index (χ3n) is 4.96. The van der Waals surface area contributed by atoms with E-state index in [0.29, 0.717) is 41.0 Å². The standard InChI is InChI=1S/C23H27Cl2N3O4/c24-19-5-2-6-20(23(19)25)32-12-8-21(29)26-16-17-3-1-4-18(15-17)27-22(30)7-9-28-10-13-31-14-11-28/h1-6,15H,7-14,16H2,(H,26,29)(H,27,30). The molecule has 1 aliphatic rings. The van der Waals surface area contributed by atoms with E-state index in [0.717, 1.165) is 31.9 Å². The molecule has 0 radical (unpaired) electrons. The number of halogens is 2. The maximum absolute atomic E-state index is 12.2. The quantitative estimate of drug-likeness (QED) is 0.542. The molecule has 0 unspecified atom stereocenters. The summed E-state index contributed by atoms with van der Waals surface area (Å²) in [5.74, 6) is 0.265. The van der Waals surface area contributed by atoms with Gasteiger partial charge in [-0.2, -0.15) is 0 Å². The molecule has 3 rings (SSSR count). The van der Waals surface area contributed by atoms with Crippen LogP contribution in [0, 0.1) is 0 Å². The molecule has 1 aliphatic heterocycles. The van der Waals surface area contributed by atoms with Gasteiger partial charge in [-0.25, -0.2) is 0 Å². The summed E-state index contributed by atoms with van der Waals surface area (Å²) in [6.07, 6.45) is 0.610. The second kappa shape index (κ2) is 12.6. The number of rotatable bonds is 10. The molecule has 0 aliphatic carbocycles. The summed E-state index contributed by atoms with van der Waals surface area (Å²) in [5.41, 5.74) is 1.60. The van der Waals surface area contributed by atoms with Crippen LogP contribution in [0.1, 0.15) is 18.4 Å². The lowest BCUT2D eigenvalue weighted by atomic mass is 10.2. The zero-order valence-electron chi connectivity index (χ0n) is 17.7. The lowest BCUT2D eigenvalue weighted by molar-refractivity contribution is -0.121. The fraction of sp³-hybridized carbons (Fsp3) is 0.391. The molecule has 0 bridgehead atoms. The second-order valence-electron chi connectivity index (χ2n) is 7.38. The van der Waals surface area contributed by atoms with Crippen molar-refractivity contribution in [2.75, 3.05) is 44.8 Å². The van der Waals surface area contributed by atoms with E-state index in [4.69, 9.17) is 32.7 Å². The largest absolute Gasteiger partial charge is 0.491 e. The Morgan fingerprint density at radius 2 is 1.81 bits per heavy atom. The lowest BCUT2D eigenvalue weighted by Gasteiger charge is -2.26. The van der Waals surface area contributed by atoms with Gasteiger partial charge in [0.2, 0.25) is 11.8 Å². The van der Waals surface area contributed by atoms with Crippen LogP contribution >= 0.6 is 23.2 Å². The average Bonchev–Trinajstić information content (AvgIpc) is 2.80. The summed E-state index contributed by atoms with van der Waals surface area (Å²) in [6.45, 7) is 4.41. The summed E-state index contributed by atoms with van der Waals surface area (Å²) in [4.78, 5) is 26.6. The second-order valence-corrected chi connectivity index (χ2v) is 8.16. The van der Waals surface area contributed by atoms with E-state index in [9.17, 15) is 9.59 Å². The molecule has 0 aromatic heterocycles. The first-order valence-electron chi connectivity index (χ1n) is 10.5. The Labute approximate surface area is 198 Å². The van der Waals surface area contributed by atoms with Crippen LogP contribution in [-0.4, -0.2) is 56.2 Å². The predicted octanol–water partition coefficient (Wildman–Crippen LogP) is 3.74. The molecule has 0 atom stereocenters. The van der Waals surface area contributed by atoms with Crippen LogP contribution in [-0.2, 0) is 20.9 Å². The van der Waals surface area contributed by atoms with Gasteiger partial charge in [0.05, 0.1) is 31.3 Å². The highest BCUT2D eigenvalue weighted by atomic mass is 35.5. The Bertz CT molecular complexity index is 920. The van der Waals surface area contributed by atoms with E-state index in [-0.39, 0.29) is 24.8 Å². The number of ether oxygens (including phenoxy) is 2. The predicted molar refractivity (Wildman–Crippen MR) is 125 cm³/mol. The van der Waals surface area contributed by atoms with Crippen molar-refractivity contribution >= 4 is 40.7 Å². The zero-order chi connectivity index (χ0) is 22.8. The molecular formula is C23H27Cl2N3O4. The van der Waals surface area contributed by atoms with Crippen molar-refractivity contribution < 1.29 is 19.1 Å². The molecule has 2 amide bonds. The number of nitrogens with zero attached hydrogens (tertiary/aromatic N) is 1. The Morgan fingerprint density at radius 3 is 2.62 bits per heavy atom. The molecule has 1 saturated heterocycles. The van der Waals surface area contributed by atoms with Gasteiger partial charge in [-0.1, -0.05) is 41.4 Å². The monoisotopic (exact) mass is 479 g/mol. The number of hydrogen-bond acceptors (Lipinski definition) is 5. The van der Waals surface area contributed by atoms with Gasteiger partial charge < -0.3 is 20.1 Å². The number of nitrogens with one attached hydrogen (secondary N) is 2. The summed E-state index contributed by atoms with van der Waals surface area (Å²) in [6, 6.07) is 12.5. The van der Waals surface area contributed by atoms with Gasteiger partial charge in [0, 0.05) is 38.3 Å². The minimum absolute atomic E-state index is 0.0329. The van der Waals surface area contributed by atoms with Crippen LogP contribution in [0.2, 0.25) is 10.0 Å². The first kappa shape index (κ1) is 24.3. The molecule has 2 N–H and O–H groups in total. The Kier molecular flexibility index (Phi) is 9.62. The van der Waals surface area contributed by atoms with Crippen LogP contribution in [0.3, 0.4) is 0 Å². The Hall–Kier alpha value is -2.32. The maximum Gasteiger partial charge on any atom is 0.225 e. The fourth-order valence-corrected chi connectivity index (χ4v) is 3.55. The van der Waals surface area contributed by atoms with E-state index < -0.39 is 0 Å². The van der Waals surface area contributed by atoms with Crippen LogP contribution < -0.4 is 15.4 Å². The molecule has 0 spiro atoms. The van der Waals surface area contributed by atoms with Crippen molar-refractivity contribution in [3.63, 3.8) is 0 Å². The Morgan fingerprint density at radius 1 is 1.03 bits per heavy atom. The van der Waals surface area contributed by atoms with Crippen LogP contribution in [0.5, 0.6) is 5.75 Å². The summed E-state index contributed by atoms with van der Waals surface area (Å²) in [5, 5.41) is 6.51. The number of anilines is 1. The molecule has 2 aromatic carbocycles. The number of carbonyl (C=O) groups is 2. The van der Waals surface area contributed by atoms with E-state index in [1.807, 2.05) is 24.3 Å². The van der Waals surface area contributed by atoms with Crippen molar-refractivity contribution in [1.82, 2.24) is 10.2 Å². The zero-order valence-corrected chi connectivity index (χ0v) is 19.3. The fourth-order valence-electron chi connectivity index (χ4n) is 3.21. The van der Waals surface area contributed by atoms with Gasteiger partial charge in [0.15, 0.2) is 0 Å². The Balaban J connectivity index is 1.37. The lowest BCUT2D eigenvalue weighted by Crippen LogP contribution is -2.38. The maximum atomic E-state index is 12.2.